The van der Waals surface area contributed by atoms with Crippen LogP contribution < -0.4 is 5.32 Å². The molecular formula is C14H20N2O. The zero-order valence-corrected chi connectivity index (χ0v) is 10.9. The van der Waals surface area contributed by atoms with E-state index in [1.54, 1.807) is 6.07 Å². The van der Waals surface area contributed by atoms with Crippen LogP contribution in [0.2, 0.25) is 0 Å². The van der Waals surface area contributed by atoms with Gasteiger partial charge in [-0.15, -0.1) is 0 Å². The fourth-order valence-electron chi connectivity index (χ4n) is 2.32. The van der Waals surface area contributed by atoms with Gasteiger partial charge in [0.05, 0.1) is 5.52 Å². The number of benzene rings is 1. The zero-order valence-electron chi connectivity index (χ0n) is 10.9. The SMILES string of the molecule is CNC(C)c1cc2cccc(O)c2n1C(C)C. The number of para-hydroxylation sites is 1. The quantitative estimate of drug-likeness (QED) is 0.852. The molecule has 0 aliphatic rings. The van der Waals surface area contributed by atoms with Gasteiger partial charge in [0.15, 0.2) is 0 Å². The van der Waals surface area contributed by atoms with Gasteiger partial charge in [-0.1, -0.05) is 12.1 Å². The summed E-state index contributed by atoms with van der Waals surface area (Å²) in [4.78, 5) is 0. The van der Waals surface area contributed by atoms with E-state index in [0.29, 0.717) is 11.8 Å². The van der Waals surface area contributed by atoms with Crippen LogP contribution in [0.4, 0.5) is 0 Å². The van der Waals surface area contributed by atoms with Gasteiger partial charge in [-0.2, -0.15) is 0 Å². The molecule has 1 heterocycles. The molecule has 1 unspecified atom stereocenters. The van der Waals surface area contributed by atoms with Crippen LogP contribution in [-0.4, -0.2) is 16.7 Å². The molecule has 0 spiro atoms. The molecule has 1 aromatic carbocycles. The van der Waals surface area contributed by atoms with Crippen molar-refractivity contribution in [1.82, 2.24) is 9.88 Å². The molecule has 2 N–H and O–H groups in total. The van der Waals surface area contributed by atoms with Crippen LogP contribution in [0.15, 0.2) is 24.3 Å². The van der Waals surface area contributed by atoms with Crippen molar-refractivity contribution in [3.8, 4) is 5.75 Å². The third-order valence-electron chi connectivity index (χ3n) is 3.26. The monoisotopic (exact) mass is 232 g/mol. The number of phenols is 1. The van der Waals surface area contributed by atoms with Gasteiger partial charge in [-0.25, -0.2) is 0 Å². The number of hydrogen-bond acceptors (Lipinski definition) is 2. The molecular weight excluding hydrogens is 212 g/mol. The van der Waals surface area contributed by atoms with E-state index in [1.807, 2.05) is 19.2 Å². The number of nitrogens with zero attached hydrogens (tertiary/aromatic N) is 1. The van der Waals surface area contributed by atoms with Gasteiger partial charge in [-0.3, -0.25) is 0 Å². The number of nitrogens with one attached hydrogen (secondary N) is 1. The van der Waals surface area contributed by atoms with E-state index >= 15 is 0 Å². The van der Waals surface area contributed by atoms with Crippen molar-refractivity contribution in [2.45, 2.75) is 32.9 Å². The average molecular weight is 232 g/mol. The van der Waals surface area contributed by atoms with E-state index < -0.39 is 0 Å². The predicted octanol–water partition coefficient (Wildman–Crippen LogP) is 3.21. The molecule has 1 atom stereocenters. The molecule has 0 saturated heterocycles. The topological polar surface area (TPSA) is 37.2 Å². The highest BCUT2D eigenvalue weighted by molar-refractivity contribution is 5.87. The van der Waals surface area contributed by atoms with Gasteiger partial charge in [0, 0.05) is 23.2 Å². The molecule has 0 aliphatic carbocycles. The first-order valence-corrected chi connectivity index (χ1v) is 6.06. The standard InChI is InChI=1S/C14H20N2O/c1-9(2)16-12(10(3)15-4)8-11-6-5-7-13(17)14(11)16/h5-10,15,17H,1-4H3. The summed E-state index contributed by atoms with van der Waals surface area (Å²) in [6.45, 7) is 6.40. The number of aromatic hydroxyl groups is 1. The van der Waals surface area contributed by atoms with E-state index in [9.17, 15) is 5.11 Å². The van der Waals surface area contributed by atoms with Crippen molar-refractivity contribution in [1.29, 1.82) is 0 Å². The molecule has 92 valence electrons. The number of hydrogen-bond donors (Lipinski definition) is 2. The molecule has 2 aromatic rings. The highest BCUT2D eigenvalue weighted by Gasteiger charge is 2.17. The first-order valence-electron chi connectivity index (χ1n) is 6.06. The molecule has 0 aliphatic heterocycles. The second kappa shape index (κ2) is 4.41. The van der Waals surface area contributed by atoms with Gasteiger partial charge >= 0.3 is 0 Å². The first kappa shape index (κ1) is 12.0. The average Bonchev–Trinajstić information content (AvgIpc) is 2.68. The minimum Gasteiger partial charge on any atom is -0.506 e. The van der Waals surface area contributed by atoms with Crippen LogP contribution in [-0.2, 0) is 0 Å². The molecule has 2 rings (SSSR count). The lowest BCUT2D eigenvalue weighted by Gasteiger charge is -2.19. The Morgan fingerprint density at radius 2 is 1.94 bits per heavy atom. The Bertz CT molecular complexity index is 528. The fourth-order valence-corrected chi connectivity index (χ4v) is 2.32. The Kier molecular flexibility index (Phi) is 3.11. The van der Waals surface area contributed by atoms with Crippen molar-refractivity contribution in [2.24, 2.45) is 0 Å². The number of fused-ring (bicyclic) bond motifs is 1. The summed E-state index contributed by atoms with van der Waals surface area (Å²) in [6.07, 6.45) is 0. The molecule has 17 heavy (non-hydrogen) atoms. The molecule has 0 saturated carbocycles. The van der Waals surface area contributed by atoms with Crippen molar-refractivity contribution in [2.75, 3.05) is 7.05 Å². The molecule has 3 nitrogen and oxygen atoms in total. The van der Waals surface area contributed by atoms with Gasteiger partial charge in [0.1, 0.15) is 5.75 Å². The Morgan fingerprint density at radius 1 is 1.24 bits per heavy atom. The van der Waals surface area contributed by atoms with Crippen molar-refractivity contribution in [3.05, 3.63) is 30.0 Å². The van der Waals surface area contributed by atoms with Gasteiger partial charge in [0.2, 0.25) is 0 Å². The summed E-state index contributed by atoms with van der Waals surface area (Å²) in [7, 11) is 1.95. The molecule has 0 radical (unpaired) electrons. The minimum atomic E-state index is 0.268. The van der Waals surface area contributed by atoms with Crippen LogP contribution >= 0.6 is 0 Å². The van der Waals surface area contributed by atoms with Crippen LogP contribution in [0.25, 0.3) is 10.9 Å². The normalized spacial score (nSPS) is 13.5. The van der Waals surface area contributed by atoms with E-state index in [0.717, 1.165) is 10.9 Å². The van der Waals surface area contributed by atoms with Crippen LogP contribution in [0.5, 0.6) is 5.75 Å². The highest BCUT2D eigenvalue weighted by atomic mass is 16.3. The Balaban J connectivity index is 2.76. The summed E-state index contributed by atoms with van der Waals surface area (Å²) in [5.41, 5.74) is 2.14. The van der Waals surface area contributed by atoms with E-state index in [-0.39, 0.29) is 6.04 Å². The minimum absolute atomic E-state index is 0.268. The van der Waals surface area contributed by atoms with Crippen LogP contribution in [0, 0.1) is 0 Å². The molecule has 0 amide bonds. The molecule has 0 fully saturated rings. The number of aromatic nitrogens is 1. The second-order valence-electron chi connectivity index (χ2n) is 4.76. The number of phenolic OH excluding ortho intramolecular Hbond substituents is 1. The largest absolute Gasteiger partial charge is 0.506 e. The zero-order chi connectivity index (χ0) is 12.6. The lowest BCUT2D eigenvalue weighted by molar-refractivity contribution is 0.470. The second-order valence-corrected chi connectivity index (χ2v) is 4.76. The summed E-state index contributed by atoms with van der Waals surface area (Å²) in [5.74, 6) is 0.353. The van der Waals surface area contributed by atoms with Crippen molar-refractivity contribution in [3.63, 3.8) is 0 Å². The maximum absolute atomic E-state index is 10.0. The van der Waals surface area contributed by atoms with Crippen LogP contribution in [0.3, 0.4) is 0 Å². The Morgan fingerprint density at radius 3 is 2.53 bits per heavy atom. The molecule has 1 aromatic heterocycles. The summed E-state index contributed by atoms with van der Waals surface area (Å²) < 4.78 is 2.20. The Labute approximate surface area is 102 Å². The molecule has 0 bridgehead atoms. The van der Waals surface area contributed by atoms with E-state index in [1.165, 1.54) is 5.69 Å². The van der Waals surface area contributed by atoms with Gasteiger partial charge in [0.25, 0.3) is 0 Å². The summed E-state index contributed by atoms with van der Waals surface area (Å²) >= 11 is 0. The third-order valence-corrected chi connectivity index (χ3v) is 3.26. The lowest BCUT2D eigenvalue weighted by atomic mass is 10.2. The fraction of sp³-hybridized carbons (Fsp3) is 0.429. The van der Waals surface area contributed by atoms with Crippen molar-refractivity contribution >= 4 is 10.9 Å². The lowest BCUT2D eigenvalue weighted by Crippen LogP contribution is -2.17. The smallest absolute Gasteiger partial charge is 0.139 e. The van der Waals surface area contributed by atoms with E-state index in [2.05, 4.69) is 36.7 Å². The van der Waals surface area contributed by atoms with Crippen LogP contribution in [0.1, 0.15) is 38.5 Å². The van der Waals surface area contributed by atoms with Crippen molar-refractivity contribution < 1.29 is 5.11 Å². The number of rotatable bonds is 3. The van der Waals surface area contributed by atoms with Gasteiger partial charge in [-0.05, 0) is 40.0 Å². The Hall–Kier alpha value is -1.48. The highest BCUT2D eigenvalue weighted by Crippen LogP contribution is 2.33. The predicted molar refractivity (Wildman–Crippen MR) is 71.5 cm³/mol. The summed E-state index contributed by atoms with van der Waals surface area (Å²) in [5, 5.41) is 14.4. The van der Waals surface area contributed by atoms with E-state index in [4.69, 9.17) is 0 Å². The summed E-state index contributed by atoms with van der Waals surface area (Å²) in [6, 6.07) is 8.41. The maximum atomic E-state index is 10.0. The third kappa shape index (κ3) is 1.91. The maximum Gasteiger partial charge on any atom is 0.139 e. The van der Waals surface area contributed by atoms with Gasteiger partial charge < -0.3 is 15.0 Å². The first-order chi connectivity index (χ1) is 8.06. The molecule has 3 heteroatoms.